The molecule has 2 aromatic carbocycles. The molecule has 35 heavy (non-hydrogen) atoms. The van der Waals surface area contributed by atoms with Crippen molar-refractivity contribution in [2.75, 3.05) is 6.61 Å². The number of hydrogen-bond acceptors (Lipinski definition) is 5. The summed E-state index contributed by atoms with van der Waals surface area (Å²) in [7, 11) is -2.89. The molecule has 0 spiro atoms. The lowest BCUT2D eigenvalue weighted by Crippen LogP contribution is -2.69. The average Bonchev–Trinajstić information content (AvgIpc) is 2.83. The minimum Gasteiger partial charge on any atom is -0.455 e. The molecule has 0 amide bonds. The van der Waals surface area contributed by atoms with Crippen LogP contribution in [0, 0.1) is 0 Å². The molecule has 0 N–H and O–H groups in total. The minimum absolute atomic E-state index is 0.226. The Morgan fingerprint density at radius 1 is 1.09 bits per heavy atom. The van der Waals surface area contributed by atoms with Gasteiger partial charge in [-0.25, -0.2) is 0 Å². The highest BCUT2D eigenvalue weighted by molar-refractivity contribution is 6.99. The van der Waals surface area contributed by atoms with E-state index in [0.29, 0.717) is 6.61 Å². The first kappa shape index (κ1) is 26.9. The van der Waals surface area contributed by atoms with Crippen molar-refractivity contribution < 1.29 is 23.4 Å². The first-order valence-electron chi connectivity index (χ1n) is 12.0. The molecule has 0 bridgehead atoms. The Hall–Kier alpha value is -2.73. The normalized spacial score (nSPS) is 21.1. The summed E-state index contributed by atoms with van der Waals surface area (Å²) in [5, 5.41) is 2.08. The Morgan fingerprint density at radius 2 is 1.66 bits per heavy atom. The van der Waals surface area contributed by atoms with E-state index in [1.807, 2.05) is 55.5 Å². The number of carbonyl (C=O) groups is 1. The Labute approximate surface area is 210 Å². The summed E-state index contributed by atoms with van der Waals surface area (Å²) < 4.78 is 24.9. The van der Waals surface area contributed by atoms with Crippen LogP contribution in [0.5, 0.6) is 0 Å². The van der Waals surface area contributed by atoms with Crippen molar-refractivity contribution in [1.82, 2.24) is 0 Å². The van der Waals surface area contributed by atoms with Crippen molar-refractivity contribution in [2.24, 2.45) is 0 Å². The predicted octanol–water partition coefficient (Wildman–Crippen LogP) is 4.52. The van der Waals surface area contributed by atoms with E-state index in [1.54, 1.807) is 6.08 Å². The van der Waals surface area contributed by atoms with Crippen LogP contribution in [-0.4, -0.2) is 45.5 Å². The van der Waals surface area contributed by atoms with Crippen molar-refractivity contribution in [3.05, 3.63) is 91.2 Å². The van der Waals surface area contributed by atoms with Crippen molar-refractivity contribution in [3.8, 4) is 0 Å². The quantitative estimate of drug-likeness (QED) is 0.223. The zero-order valence-electron chi connectivity index (χ0n) is 21.3. The van der Waals surface area contributed by atoms with Crippen LogP contribution in [-0.2, 0) is 23.4 Å². The van der Waals surface area contributed by atoms with Gasteiger partial charge in [-0.05, 0) is 28.4 Å². The molecule has 5 nitrogen and oxygen atoms in total. The third kappa shape index (κ3) is 6.10. The zero-order valence-corrected chi connectivity index (χ0v) is 22.3. The van der Waals surface area contributed by atoms with Crippen molar-refractivity contribution >= 4 is 24.7 Å². The van der Waals surface area contributed by atoms with Gasteiger partial charge in [-0.1, -0.05) is 94.1 Å². The molecule has 0 aliphatic carbocycles. The SMILES string of the molecule is C=C=C[C@H](OC(C)=O)[C@H]1O[C@H](OCC)C=C[C@@H]1O[Si](c1ccccc1)(c1ccccc1)C(C)(C)C. The summed E-state index contributed by atoms with van der Waals surface area (Å²) >= 11 is 0. The first-order valence-corrected chi connectivity index (χ1v) is 13.9. The number of ether oxygens (including phenoxy) is 3. The van der Waals surface area contributed by atoms with Gasteiger partial charge in [-0.2, -0.15) is 0 Å². The van der Waals surface area contributed by atoms with Crippen LogP contribution in [0.25, 0.3) is 0 Å². The molecule has 0 aromatic heterocycles. The van der Waals surface area contributed by atoms with Crippen LogP contribution in [0.2, 0.25) is 5.04 Å². The van der Waals surface area contributed by atoms with E-state index >= 15 is 0 Å². The molecule has 1 aliphatic heterocycles. The van der Waals surface area contributed by atoms with Gasteiger partial charge in [0.1, 0.15) is 6.10 Å². The van der Waals surface area contributed by atoms with Gasteiger partial charge in [0.25, 0.3) is 8.32 Å². The average molecular weight is 493 g/mol. The van der Waals surface area contributed by atoms with E-state index in [9.17, 15) is 4.79 Å². The second-order valence-electron chi connectivity index (χ2n) is 9.50. The molecule has 0 saturated heterocycles. The third-order valence-corrected chi connectivity index (χ3v) is 11.1. The standard InChI is InChI=1S/C29H36O5Si/c1-7-15-25(32-22(3)30)28-26(20-21-27(33-28)31-8-2)34-35(29(4,5)6,23-16-11-9-12-17-23)24-18-13-10-14-19-24/h9-21,25-28H,1,8H2,2-6H3/t25-,26-,27-,28+/m0/s1. The molecule has 1 aliphatic rings. The van der Waals surface area contributed by atoms with Crippen molar-refractivity contribution in [3.63, 3.8) is 0 Å². The molecular formula is C29H36O5Si. The smallest absolute Gasteiger partial charge is 0.303 e. The number of rotatable bonds is 9. The van der Waals surface area contributed by atoms with Crippen LogP contribution >= 0.6 is 0 Å². The van der Waals surface area contributed by atoms with Gasteiger partial charge >= 0.3 is 5.97 Å². The summed E-state index contributed by atoms with van der Waals surface area (Å²) in [6.45, 7) is 14.1. The van der Waals surface area contributed by atoms with Crippen LogP contribution in [0.1, 0.15) is 34.6 Å². The number of benzene rings is 2. The van der Waals surface area contributed by atoms with Gasteiger partial charge in [-0.15, -0.1) is 5.73 Å². The summed E-state index contributed by atoms with van der Waals surface area (Å²) in [5.41, 5.74) is 2.75. The fourth-order valence-corrected chi connectivity index (χ4v) is 9.25. The lowest BCUT2D eigenvalue weighted by Gasteiger charge is -2.47. The van der Waals surface area contributed by atoms with E-state index in [1.165, 1.54) is 6.92 Å². The van der Waals surface area contributed by atoms with Crippen LogP contribution in [0.15, 0.2) is 91.2 Å². The highest BCUT2D eigenvalue weighted by atomic mass is 28.4. The molecule has 0 saturated carbocycles. The van der Waals surface area contributed by atoms with Gasteiger partial charge in [0.2, 0.25) is 0 Å². The number of carbonyl (C=O) groups excluding carboxylic acids is 1. The largest absolute Gasteiger partial charge is 0.455 e. The molecule has 0 fully saturated rings. The zero-order chi connectivity index (χ0) is 25.5. The molecular weight excluding hydrogens is 456 g/mol. The molecule has 186 valence electrons. The summed E-state index contributed by atoms with van der Waals surface area (Å²) in [6.07, 6.45) is 2.99. The van der Waals surface area contributed by atoms with Gasteiger partial charge in [0.15, 0.2) is 12.4 Å². The van der Waals surface area contributed by atoms with Crippen LogP contribution < -0.4 is 10.4 Å². The Bertz CT molecular complexity index is 998. The van der Waals surface area contributed by atoms with Gasteiger partial charge in [0.05, 0.1) is 6.10 Å². The highest BCUT2D eigenvalue weighted by Gasteiger charge is 2.53. The number of hydrogen-bond donors (Lipinski definition) is 0. The molecule has 4 atom stereocenters. The molecule has 3 rings (SSSR count). The van der Waals surface area contributed by atoms with Gasteiger partial charge in [-0.3, -0.25) is 4.79 Å². The van der Waals surface area contributed by atoms with E-state index < -0.39 is 38.9 Å². The van der Waals surface area contributed by atoms with Gasteiger partial charge in [0, 0.05) is 19.6 Å². The minimum atomic E-state index is -2.89. The second-order valence-corrected chi connectivity index (χ2v) is 13.8. The maximum atomic E-state index is 11.9. The first-order chi connectivity index (χ1) is 16.7. The molecule has 0 radical (unpaired) electrons. The molecule has 6 heteroatoms. The Morgan fingerprint density at radius 3 is 2.11 bits per heavy atom. The van der Waals surface area contributed by atoms with Crippen molar-refractivity contribution in [1.29, 1.82) is 0 Å². The van der Waals surface area contributed by atoms with Crippen molar-refractivity contribution in [2.45, 2.75) is 64.3 Å². The van der Waals surface area contributed by atoms with Crippen LogP contribution in [0.4, 0.5) is 0 Å². The summed E-state index contributed by atoms with van der Waals surface area (Å²) in [6, 6.07) is 20.8. The van der Waals surface area contributed by atoms with E-state index in [2.05, 4.69) is 57.3 Å². The van der Waals surface area contributed by atoms with E-state index in [4.69, 9.17) is 18.6 Å². The van der Waals surface area contributed by atoms with E-state index in [-0.39, 0.29) is 5.04 Å². The van der Waals surface area contributed by atoms with Crippen LogP contribution in [0.3, 0.4) is 0 Å². The monoisotopic (exact) mass is 492 g/mol. The fourth-order valence-electron chi connectivity index (χ4n) is 4.62. The second kappa shape index (κ2) is 11.8. The van der Waals surface area contributed by atoms with Gasteiger partial charge < -0.3 is 18.6 Å². The Balaban J connectivity index is 2.17. The maximum absolute atomic E-state index is 11.9. The van der Waals surface area contributed by atoms with E-state index in [0.717, 1.165) is 10.4 Å². The molecule has 0 unspecified atom stereocenters. The summed E-state index contributed by atoms with van der Waals surface area (Å²) in [5.74, 6) is -0.420. The summed E-state index contributed by atoms with van der Waals surface area (Å²) in [4.78, 5) is 11.9. The molecule has 1 heterocycles. The lowest BCUT2D eigenvalue weighted by atomic mass is 10.0. The predicted molar refractivity (Wildman–Crippen MR) is 141 cm³/mol. The topological polar surface area (TPSA) is 54.0 Å². The Kier molecular flexibility index (Phi) is 9.06. The number of esters is 1. The maximum Gasteiger partial charge on any atom is 0.303 e. The third-order valence-electron chi connectivity index (χ3n) is 6.04. The molecule has 2 aromatic rings. The lowest BCUT2D eigenvalue weighted by molar-refractivity contribution is -0.196. The highest BCUT2D eigenvalue weighted by Crippen LogP contribution is 2.39. The fraction of sp³-hybridized carbons (Fsp3) is 0.379.